The Hall–Kier alpha value is -3.03. The lowest BCUT2D eigenvalue weighted by atomic mass is 9.97. The monoisotopic (exact) mass is 355 g/mol. The van der Waals surface area contributed by atoms with E-state index < -0.39 is 5.97 Å². The smallest absolute Gasteiger partial charge is 0.340 e. The molecule has 8 nitrogen and oxygen atoms in total. The van der Waals surface area contributed by atoms with Gasteiger partial charge in [-0.3, -0.25) is 4.79 Å². The summed E-state index contributed by atoms with van der Waals surface area (Å²) in [5.74, 6) is -0.907. The number of carbonyl (C=O) groups is 2. The number of para-hydroxylation sites is 1. The highest BCUT2D eigenvalue weighted by Gasteiger charge is 2.16. The van der Waals surface area contributed by atoms with Gasteiger partial charge in [0, 0.05) is 6.54 Å². The minimum Gasteiger partial charge on any atom is -0.452 e. The average Bonchev–Trinajstić information content (AvgIpc) is 3.21. The van der Waals surface area contributed by atoms with Gasteiger partial charge in [-0.15, -0.1) is 5.10 Å². The highest BCUT2D eigenvalue weighted by Crippen LogP contribution is 2.19. The number of amides is 1. The Morgan fingerprint density at radius 2 is 2.12 bits per heavy atom. The molecule has 1 N–H and O–H groups in total. The van der Waals surface area contributed by atoms with E-state index in [1.54, 1.807) is 24.3 Å². The van der Waals surface area contributed by atoms with E-state index in [4.69, 9.17) is 4.74 Å². The fourth-order valence-electron chi connectivity index (χ4n) is 2.87. The molecule has 136 valence electrons. The molecule has 1 aromatic heterocycles. The average molecular weight is 355 g/mol. The first-order valence-corrected chi connectivity index (χ1v) is 8.68. The van der Waals surface area contributed by atoms with Crippen LogP contribution in [-0.4, -0.2) is 45.2 Å². The first-order chi connectivity index (χ1) is 12.7. The Morgan fingerprint density at radius 1 is 1.23 bits per heavy atom. The van der Waals surface area contributed by atoms with Crippen molar-refractivity contribution in [2.75, 3.05) is 13.2 Å². The molecular weight excluding hydrogens is 334 g/mol. The van der Waals surface area contributed by atoms with Crippen LogP contribution in [0.4, 0.5) is 0 Å². The molecule has 1 aliphatic rings. The second-order valence-electron chi connectivity index (χ2n) is 6.06. The van der Waals surface area contributed by atoms with Crippen molar-refractivity contribution in [1.29, 1.82) is 0 Å². The van der Waals surface area contributed by atoms with Crippen molar-refractivity contribution in [3.8, 4) is 5.69 Å². The first kappa shape index (κ1) is 17.8. The molecule has 0 bridgehead atoms. The van der Waals surface area contributed by atoms with Crippen LogP contribution < -0.4 is 5.32 Å². The second-order valence-corrected chi connectivity index (χ2v) is 6.06. The third-order valence-electron chi connectivity index (χ3n) is 4.21. The summed E-state index contributed by atoms with van der Waals surface area (Å²) in [4.78, 5) is 24.2. The van der Waals surface area contributed by atoms with Crippen LogP contribution in [0.25, 0.3) is 5.69 Å². The quantitative estimate of drug-likeness (QED) is 0.601. The summed E-state index contributed by atoms with van der Waals surface area (Å²) < 4.78 is 6.49. The van der Waals surface area contributed by atoms with E-state index in [1.165, 1.54) is 29.4 Å². The topological polar surface area (TPSA) is 99.0 Å². The second kappa shape index (κ2) is 8.89. The third kappa shape index (κ3) is 4.75. The van der Waals surface area contributed by atoms with E-state index in [2.05, 4.69) is 26.9 Å². The van der Waals surface area contributed by atoms with Crippen LogP contribution in [0.2, 0.25) is 0 Å². The molecule has 3 rings (SSSR count). The summed E-state index contributed by atoms with van der Waals surface area (Å²) >= 11 is 0. The first-order valence-electron chi connectivity index (χ1n) is 8.68. The van der Waals surface area contributed by atoms with E-state index in [0.717, 1.165) is 19.3 Å². The lowest BCUT2D eigenvalue weighted by molar-refractivity contribution is -0.124. The number of hydrogen-bond acceptors (Lipinski definition) is 6. The van der Waals surface area contributed by atoms with Gasteiger partial charge in [-0.1, -0.05) is 23.8 Å². The van der Waals surface area contributed by atoms with Crippen molar-refractivity contribution < 1.29 is 14.3 Å². The standard InChI is InChI=1S/C18H21N5O3/c24-17(19-11-10-14-6-2-1-3-7-14)12-26-18(25)15-8-4-5-9-16(15)23-13-20-21-22-23/h4-6,8-9,13H,1-3,7,10-12H2,(H,19,24). The molecule has 1 aromatic carbocycles. The minimum atomic E-state index is -0.596. The summed E-state index contributed by atoms with van der Waals surface area (Å²) in [6, 6.07) is 6.78. The third-order valence-corrected chi connectivity index (χ3v) is 4.21. The predicted octanol–water partition coefficient (Wildman–Crippen LogP) is 1.83. The maximum atomic E-state index is 12.3. The molecule has 0 spiro atoms. The van der Waals surface area contributed by atoms with Gasteiger partial charge in [0.05, 0.1) is 11.3 Å². The van der Waals surface area contributed by atoms with E-state index >= 15 is 0 Å². The van der Waals surface area contributed by atoms with Gasteiger partial charge in [0.2, 0.25) is 0 Å². The SMILES string of the molecule is O=C(COC(=O)c1ccccc1-n1cnnn1)NCCC1=CCCCC1. The van der Waals surface area contributed by atoms with Gasteiger partial charge in [0.25, 0.3) is 5.91 Å². The molecule has 0 atom stereocenters. The fourth-order valence-corrected chi connectivity index (χ4v) is 2.87. The normalized spacial score (nSPS) is 13.8. The van der Waals surface area contributed by atoms with Crippen molar-refractivity contribution in [1.82, 2.24) is 25.5 Å². The molecule has 0 saturated carbocycles. The Kier molecular flexibility index (Phi) is 6.08. The number of tetrazole rings is 1. The molecule has 0 radical (unpaired) electrons. The molecule has 2 aromatic rings. The van der Waals surface area contributed by atoms with Gasteiger partial charge in [-0.05, 0) is 54.7 Å². The predicted molar refractivity (Wildman–Crippen MR) is 93.6 cm³/mol. The molecule has 0 fully saturated rings. The zero-order valence-electron chi connectivity index (χ0n) is 14.4. The fraction of sp³-hybridized carbons (Fsp3) is 0.389. The van der Waals surface area contributed by atoms with Crippen molar-refractivity contribution in [2.45, 2.75) is 32.1 Å². The summed E-state index contributed by atoms with van der Waals surface area (Å²) in [7, 11) is 0. The zero-order chi connectivity index (χ0) is 18.2. The van der Waals surface area contributed by atoms with Gasteiger partial charge in [0.1, 0.15) is 6.33 Å². The van der Waals surface area contributed by atoms with Crippen LogP contribution in [0.1, 0.15) is 42.5 Å². The number of ether oxygens (including phenoxy) is 1. The molecule has 1 amide bonds. The van der Waals surface area contributed by atoms with Gasteiger partial charge in [-0.25, -0.2) is 4.79 Å². The van der Waals surface area contributed by atoms with Crippen LogP contribution in [0.5, 0.6) is 0 Å². The highest BCUT2D eigenvalue weighted by atomic mass is 16.5. The summed E-state index contributed by atoms with van der Waals surface area (Å²) in [5, 5.41) is 13.7. The number of nitrogens with zero attached hydrogens (tertiary/aromatic N) is 4. The Bertz CT molecular complexity index is 786. The van der Waals surface area contributed by atoms with Crippen molar-refractivity contribution in [3.63, 3.8) is 0 Å². The van der Waals surface area contributed by atoms with Gasteiger partial charge < -0.3 is 10.1 Å². The van der Waals surface area contributed by atoms with Crippen molar-refractivity contribution in [3.05, 3.63) is 47.8 Å². The van der Waals surface area contributed by atoms with E-state index in [0.29, 0.717) is 17.8 Å². The molecule has 1 heterocycles. The molecule has 1 aliphatic carbocycles. The molecular formula is C18H21N5O3. The van der Waals surface area contributed by atoms with Gasteiger partial charge >= 0.3 is 5.97 Å². The molecule has 0 unspecified atom stereocenters. The number of carbonyl (C=O) groups excluding carboxylic acids is 2. The molecule has 0 saturated heterocycles. The van der Waals surface area contributed by atoms with Crippen LogP contribution >= 0.6 is 0 Å². The number of esters is 1. The summed E-state index contributed by atoms with van der Waals surface area (Å²) in [6.07, 6.45) is 9.20. The molecule has 26 heavy (non-hydrogen) atoms. The number of rotatable bonds is 7. The van der Waals surface area contributed by atoms with Gasteiger partial charge in [-0.2, -0.15) is 4.68 Å². The lowest BCUT2D eigenvalue weighted by Gasteiger charge is -2.13. The Labute approximate surface area is 151 Å². The maximum Gasteiger partial charge on any atom is 0.340 e. The summed E-state index contributed by atoms with van der Waals surface area (Å²) in [5.41, 5.74) is 2.18. The zero-order valence-corrected chi connectivity index (χ0v) is 14.4. The number of benzene rings is 1. The van der Waals surface area contributed by atoms with Crippen molar-refractivity contribution >= 4 is 11.9 Å². The van der Waals surface area contributed by atoms with E-state index in [9.17, 15) is 9.59 Å². The number of nitrogens with one attached hydrogen (secondary N) is 1. The molecule has 0 aliphatic heterocycles. The van der Waals surface area contributed by atoms with Crippen LogP contribution in [0.15, 0.2) is 42.2 Å². The molecule has 8 heteroatoms. The number of hydrogen-bond donors (Lipinski definition) is 1. The maximum absolute atomic E-state index is 12.3. The van der Waals surface area contributed by atoms with Crippen molar-refractivity contribution in [2.24, 2.45) is 0 Å². The van der Waals surface area contributed by atoms with E-state index in [1.807, 2.05) is 0 Å². The number of aromatic nitrogens is 4. The van der Waals surface area contributed by atoms with Crippen LogP contribution in [0, 0.1) is 0 Å². The van der Waals surface area contributed by atoms with Crippen LogP contribution in [-0.2, 0) is 9.53 Å². The largest absolute Gasteiger partial charge is 0.452 e. The Morgan fingerprint density at radius 3 is 2.88 bits per heavy atom. The number of allylic oxidation sites excluding steroid dienone is 1. The van der Waals surface area contributed by atoms with Gasteiger partial charge in [0.15, 0.2) is 6.61 Å². The lowest BCUT2D eigenvalue weighted by Crippen LogP contribution is -2.30. The highest BCUT2D eigenvalue weighted by molar-refractivity contribution is 5.94. The Balaban J connectivity index is 1.48. The minimum absolute atomic E-state index is 0.292. The summed E-state index contributed by atoms with van der Waals surface area (Å²) in [6.45, 7) is 0.241. The van der Waals surface area contributed by atoms with Crippen LogP contribution in [0.3, 0.4) is 0 Å². The van der Waals surface area contributed by atoms with E-state index in [-0.39, 0.29) is 12.5 Å².